The Bertz CT molecular complexity index is 347. The van der Waals surface area contributed by atoms with Crippen molar-refractivity contribution in [2.45, 2.75) is 26.7 Å². The molecule has 0 unspecified atom stereocenters. The van der Waals surface area contributed by atoms with Gasteiger partial charge in [0.05, 0.1) is 11.6 Å². The molecular formula is C10H16N2O2S. The molecule has 15 heavy (non-hydrogen) atoms. The number of anilines is 1. The van der Waals surface area contributed by atoms with Gasteiger partial charge in [0.2, 0.25) is 0 Å². The minimum Gasteiger partial charge on any atom is -0.461 e. The van der Waals surface area contributed by atoms with Crippen molar-refractivity contribution in [1.82, 2.24) is 4.98 Å². The van der Waals surface area contributed by atoms with Crippen LogP contribution in [0.1, 0.15) is 42.2 Å². The highest BCUT2D eigenvalue weighted by molar-refractivity contribution is 7.16. The predicted octanol–water partition coefficient (Wildman–Crippen LogP) is 2.48. The summed E-state index contributed by atoms with van der Waals surface area (Å²) in [6.07, 6.45) is 0. The van der Waals surface area contributed by atoms with Crippen molar-refractivity contribution in [3.05, 3.63) is 10.7 Å². The van der Waals surface area contributed by atoms with E-state index >= 15 is 0 Å². The molecule has 0 radical (unpaired) electrons. The Morgan fingerprint density at radius 1 is 1.60 bits per heavy atom. The summed E-state index contributed by atoms with van der Waals surface area (Å²) in [7, 11) is 1.78. The van der Waals surface area contributed by atoms with Crippen LogP contribution in [-0.4, -0.2) is 24.6 Å². The summed E-state index contributed by atoms with van der Waals surface area (Å²) in [6.45, 7) is 6.25. The number of carbonyl (C=O) groups is 1. The van der Waals surface area contributed by atoms with Crippen LogP contribution in [0.3, 0.4) is 0 Å². The Labute approximate surface area is 93.7 Å². The van der Waals surface area contributed by atoms with Crippen LogP contribution in [0.2, 0.25) is 0 Å². The normalized spacial score (nSPS) is 10.5. The van der Waals surface area contributed by atoms with Gasteiger partial charge in [0.1, 0.15) is 5.00 Å². The summed E-state index contributed by atoms with van der Waals surface area (Å²) >= 11 is 1.50. The number of rotatable bonds is 4. The number of hydrogen-bond donors (Lipinski definition) is 1. The molecule has 4 nitrogen and oxygen atoms in total. The minimum atomic E-state index is -0.356. The van der Waals surface area contributed by atoms with Crippen molar-refractivity contribution in [2.75, 3.05) is 19.0 Å². The van der Waals surface area contributed by atoms with E-state index in [0.29, 0.717) is 18.2 Å². The molecule has 1 N–H and O–H groups in total. The summed E-state index contributed by atoms with van der Waals surface area (Å²) in [5.41, 5.74) is 0.396. The van der Waals surface area contributed by atoms with Crippen molar-refractivity contribution in [3.8, 4) is 0 Å². The van der Waals surface area contributed by atoms with Crippen LogP contribution in [0.4, 0.5) is 5.00 Å². The number of nitrogens with one attached hydrogen (secondary N) is 1. The smallest absolute Gasteiger partial charge is 0.360 e. The second-order valence-corrected chi connectivity index (χ2v) is 4.39. The first-order valence-corrected chi connectivity index (χ1v) is 5.77. The summed E-state index contributed by atoms with van der Waals surface area (Å²) < 4.78 is 4.93. The van der Waals surface area contributed by atoms with Crippen LogP contribution >= 0.6 is 11.3 Å². The van der Waals surface area contributed by atoms with Gasteiger partial charge in [0.25, 0.3) is 0 Å². The van der Waals surface area contributed by atoms with Crippen LogP contribution in [0.5, 0.6) is 0 Å². The largest absolute Gasteiger partial charge is 0.461 e. The number of ether oxygens (including phenoxy) is 1. The molecule has 0 aliphatic rings. The molecule has 0 spiro atoms. The highest BCUT2D eigenvalue weighted by atomic mass is 32.1. The molecule has 1 heterocycles. The van der Waals surface area contributed by atoms with Crippen molar-refractivity contribution in [2.24, 2.45) is 0 Å². The quantitative estimate of drug-likeness (QED) is 0.804. The number of esters is 1. The fraction of sp³-hybridized carbons (Fsp3) is 0.600. The van der Waals surface area contributed by atoms with Crippen molar-refractivity contribution in [1.29, 1.82) is 0 Å². The molecule has 0 aromatic carbocycles. The average Bonchev–Trinajstić information content (AvgIpc) is 2.61. The molecule has 1 rings (SSSR count). The van der Waals surface area contributed by atoms with Crippen LogP contribution in [0, 0.1) is 0 Å². The lowest BCUT2D eigenvalue weighted by Gasteiger charge is -2.00. The lowest BCUT2D eigenvalue weighted by Crippen LogP contribution is -2.07. The number of aromatic nitrogens is 1. The Hall–Kier alpha value is -1.10. The molecular weight excluding hydrogens is 212 g/mol. The molecule has 84 valence electrons. The fourth-order valence-corrected chi connectivity index (χ4v) is 2.00. The Kier molecular flexibility index (Phi) is 4.08. The topological polar surface area (TPSA) is 51.2 Å². The second-order valence-electron chi connectivity index (χ2n) is 3.36. The van der Waals surface area contributed by atoms with E-state index in [-0.39, 0.29) is 5.97 Å². The van der Waals surface area contributed by atoms with Gasteiger partial charge in [-0.3, -0.25) is 0 Å². The maximum Gasteiger partial charge on any atom is 0.360 e. The number of nitrogens with zero attached hydrogens (tertiary/aromatic N) is 1. The van der Waals surface area contributed by atoms with Gasteiger partial charge in [-0.1, -0.05) is 13.8 Å². The maximum absolute atomic E-state index is 11.5. The third-order valence-corrected chi connectivity index (χ3v) is 3.21. The summed E-state index contributed by atoms with van der Waals surface area (Å²) in [6, 6.07) is 0. The summed E-state index contributed by atoms with van der Waals surface area (Å²) in [4.78, 5) is 15.8. The lowest BCUT2D eigenvalue weighted by atomic mass is 10.2. The van der Waals surface area contributed by atoms with Gasteiger partial charge in [0, 0.05) is 13.0 Å². The van der Waals surface area contributed by atoms with Crippen molar-refractivity contribution >= 4 is 22.3 Å². The monoisotopic (exact) mass is 228 g/mol. The Morgan fingerprint density at radius 3 is 2.73 bits per heavy atom. The first kappa shape index (κ1) is 12.0. The van der Waals surface area contributed by atoms with Crippen LogP contribution in [0.15, 0.2) is 0 Å². The Morgan fingerprint density at radius 2 is 2.27 bits per heavy atom. The van der Waals surface area contributed by atoms with Crippen LogP contribution < -0.4 is 5.32 Å². The fourth-order valence-electron chi connectivity index (χ4n) is 1.09. The third-order valence-electron chi connectivity index (χ3n) is 1.83. The summed E-state index contributed by atoms with van der Waals surface area (Å²) in [5.74, 6) is -0.0322. The van der Waals surface area contributed by atoms with Crippen molar-refractivity contribution < 1.29 is 9.53 Å². The second kappa shape index (κ2) is 5.11. The molecule has 0 bridgehead atoms. The predicted molar refractivity (Wildman–Crippen MR) is 61.7 cm³/mol. The van der Waals surface area contributed by atoms with Crippen LogP contribution in [0.25, 0.3) is 0 Å². The third kappa shape index (κ3) is 2.68. The lowest BCUT2D eigenvalue weighted by molar-refractivity contribution is 0.0521. The zero-order valence-electron chi connectivity index (χ0n) is 9.46. The molecule has 0 amide bonds. The van der Waals surface area contributed by atoms with Gasteiger partial charge in [-0.2, -0.15) is 0 Å². The van der Waals surface area contributed by atoms with E-state index in [1.54, 1.807) is 14.0 Å². The summed E-state index contributed by atoms with van der Waals surface area (Å²) in [5, 5.41) is 4.69. The first-order chi connectivity index (χ1) is 7.10. The number of thiazole rings is 1. The molecule has 0 saturated carbocycles. The minimum absolute atomic E-state index is 0.324. The Balaban J connectivity index is 3.00. The van der Waals surface area contributed by atoms with E-state index in [4.69, 9.17) is 4.74 Å². The SMILES string of the molecule is CCOC(=O)c1nc(C(C)C)sc1NC. The molecule has 0 saturated heterocycles. The van der Waals surface area contributed by atoms with E-state index in [1.165, 1.54) is 11.3 Å². The van der Waals surface area contributed by atoms with E-state index in [9.17, 15) is 4.79 Å². The highest BCUT2D eigenvalue weighted by Crippen LogP contribution is 2.29. The molecule has 0 fully saturated rings. The molecule has 1 aromatic heterocycles. The van der Waals surface area contributed by atoms with E-state index in [0.717, 1.165) is 10.0 Å². The maximum atomic E-state index is 11.5. The zero-order chi connectivity index (χ0) is 11.4. The van der Waals surface area contributed by atoms with Gasteiger partial charge < -0.3 is 10.1 Å². The molecule has 1 aromatic rings. The molecule has 0 aliphatic carbocycles. The van der Waals surface area contributed by atoms with Gasteiger partial charge in [-0.05, 0) is 6.92 Å². The number of carbonyl (C=O) groups excluding carboxylic acids is 1. The van der Waals surface area contributed by atoms with E-state index < -0.39 is 0 Å². The molecule has 0 aliphatic heterocycles. The van der Waals surface area contributed by atoms with Gasteiger partial charge in [-0.15, -0.1) is 11.3 Å². The van der Waals surface area contributed by atoms with Gasteiger partial charge in [-0.25, -0.2) is 9.78 Å². The molecule has 5 heteroatoms. The standard InChI is InChI=1S/C10H16N2O2S/c1-5-14-10(13)7-9(11-4)15-8(12-7)6(2)3/h6,11H,5H2,1-4H3. The number of hydrogen-bond acceptors (Lipinski definition) is 5. The zero-order valence-corrected chi connectivity index (χ0v) is 10.3. The van der Waals surface area contributed by atoms with Gasteiger partial charge >= 0.3 is 5.97 Å². The van der Waals surface area contributed by atoms with Gasteiger partial charge in [0.15, 0.2) is 5.69 Å². The van der Waals surface area contributed by atoms with E-state index in [1.807, 2.05) is 13.8 Å². The van der Waals surface area contributed by atoms with Crippen molar-refractivity contribution in [3.63, 3.8) is 0 Å². The van der Waals surface area contributed by atoms with E-state index in [2.05, 4.69) is 10.3 Å². The first-order valence-electron chi connectivity index (χ1n) is 4.95. The van der Waals surface area contributed by atoms with Crippen LogP contribution in [-0.2, 0) is 4.74 Å². The average molecular weight is 228 g/mol. The highest BCUT2D eigenvalue weighted by Gasteiger charge is 2.19. The molecule has 0 atom stereocenters.